The van der Waals surface area contributed by atoms with Gasteiger partial charge in [-0.1, -0.05) is 19.1 Å². The van der Waals surface area contributed by atoms with E-state index in [2.05, 4.69) is 10.0 Å². The van der Waals surface area contributed by atoms with Gasteiger partial charge in [-0.2, -0.15) is 11.8 Å². The van der Waals surface area contributed by atoms with Gasteiger partial charge >= 0.3 is 0 Å². The molecule has 0 aliphatic heterocycles. The third-order valence-corrected chi connectivity index (χ3v) is 5.14. The highest BCUT2D eigenvalue weighted by atomic mass is 32.2. The molecule has 1 unspecified atom stereocenters. The number of nitrogens with one attached hydrogen (secondary N) is 2. The van der Waals surface area contributed by atoms with Crippen molar-refractivity contribution in [1.29, 1.82) is 0 Å². The second-order valence-corrected chi connectivity index (χ2v) is 7.39. The van der Waals surface area contributed by atoms with Crippen LogP contribution in [0.25, 0.3) is 0 Å². The predicted octanol–water partition coefficient (Wildman–Crippen LogP) is 2.93. The fraction of sp³-hybridized carbons (Fsp3) is 0.571. The van der Waals surface area contributed by atoms with Crippen molar-refractivity contribution in [3.8, 4) is 0 Å². The molecule has 0 fully saturated rings. The van der Waals surface area contributed by atoms with Crippen molar-refractivity contribution in [3.63, 3.8) is 0 Å². The van der Waals surface area contributed by atoms with Gasteiger partial charge in [0.05, 0.1) is 5.69 Å². The van der Waals surface area contributed by atoms with Gasteiger partial charge in [0.2, 0.25) is 10.0 Å². The van der Waals surface area contributed by atoms with Crippen LogP contribution in [0.15, 0.2) is 29.2 Å². The Morgan fingerprint density at radius 1 is 1.30 bits per heavy atom. The average molecular weight is 316 g/mol. The van der Waals surface area contributed by atoms with Gasteiger partial charge in [0.15, 0.2) is 0 Å². The molecule has 1 aromatic rings. The summed E-state index contributed by atoms with van der Waals surface area (Å²) in [4.78, 5) is 0.324. The van der Waals surface area contributed by atoms with E-state index in [1.165, 1.54) is 0 Å². The summed E-state index contributed by atoms with van der Waals surface area (Å²) < 4.78 is 27.6. The molecule has 1 rings (SSSR count). The summed E-state index contributed by atoms with van der Waals surface area (Å²) in [7, 11) is -3.47. The molecular formula is C14H24N2O2S2. The van der Waals surface area contributed by atoms with Gasteiger partial charge in [0.25, 0.3) is 0 Å². The van der Waals surface area contributed by atoms with E-state index in [1.54, 1.807) is 30.0 Å². The summed E-state index contributed by atoms with van der Waals surface area (Å²) in [6, 6.07) is 6.97. The first kappa shape index (κ1) is 17.3. The van der Waals surface area contributed by atoms with Crippen LogP contribution in [0.1, 0.15) is 26.7 Å². The summed E-state index contributed by atoms with van der Waals surface area (Å²) in [5.74, 6) is 0.944. The van der Waals surface area contributed by atoms with Crippen LogP contribution in [-0.4, -0.2) is 33.0 Å². The summed E-state index contributed by atoms with van der Waals surface area (Å²) in [5.41, 5.74) is 0.666. The molecular weight excluding hydrogens is 292 g/mol. The van der Waals surface area contributed by atoms with Gasteiger partial charge in [0, 0.05) is 12.6 Å². The summed E-state index contributed by atoms with van der Waals surface area (Å²) in [6.07, 6.45) is 3.79. The molecule has 114 valence electrons. The van der Waals surface area contributed by atoms with Crippen LogP contribution in [0.2, 0.25) is 0 Å². The van der Waals surface area contributed by atoms with E-state index in [-0.39, 0.29) is 6.04 Å². The number of anilines is 1. The van der Waals surface area contributed by atoms with E-state index in [1.807, 2.05) is 26.2 Å². The molecule has 1 aromatic carbocycles. The van der Waals surface area contributed by atoms with Crippen LogP contribution >= 0.6 is 11.8 Å². The molecule has 0 bridgehead atoms. The lowest BCUT2D eigenvalue weighted by Gasteiger charge is -2.16. The van der Waals surface area contributed by atoms with Crippen molar-refractivity contribution in [2.75, 3.05) is 23.9 Å². The van der Waals surface area contributed by atoms with Crippen LogP contribution < -0.4 is 10.0 Å². The van der Waals surface area contributed by atoms with Crippen molar-refractivity contribution in [2.45, 2.75) is 37.6 Å². The zero-order valence-electron chi connectivity index (χ0n) is 12.3. The molecule has 2 N–H and O–H groups in total. The largest absolute Gasteiger partial charge is 0.384 e. The normalized spacial score (nSPS) is 13.2. The van der Waals surface area contributed by atoms with Crippen molar-refractivity contribution in [1.82, 2.24) is 4.72 Å². The molecule has 6 heteroatoms. The Balaban J connectivity index is 2.86. The number of hydrogen-bond acceptors (Lipinski definition) is 4. The lowest BCUT2D eigenvalue weighted by atomic mass is 10.3. The third-order valence-electron chi connectivity index (χ3n) is 2.85. The molecule has 0 aliphatic carbocycles. The molecule has 0 heterocycles. The maximum atomic E-state index is 12.4. The molecule has 0 saturated carbocycles. The first-order valence-corrected chi connectivity index (χ1v) is 9.73. The van der Waals surface area contributed by atoms with Crippen molar-refractivity contribution < 1.29 is 8.42 Å². The molecule has 20 heavy (non-hydrogen) atoms. The van der Waals surface area contributed by atoms with Gasteiger partial charge in [-0.3, -0.25) is 0 Å². The average Bonchev–Trinajstić information content (AvgIpc) is 2.42. The van der Waals surface area contributed by atoms with Gasteiger partial charge in [-0.15, -0.1) is 0 Å². The predicted molar refractivity (Wildman–Crippen MR) is 88.0 cm³/mol. The summed E-state index contributed by atoms with van der Waals surface area (Å²) in [6.45, 7) is 4.71. The Hall–Kier alpha value is -0.720. The van der Waals surface area contributed by atoms with Gasteiger partial charge in [0.1, 0.15) is 4.90 Å². The van der Waals surface area contributed by atoms with Crippen LogP contribution in [0.3, 0.4) is 0 Å². The molecule has 0 amide bonds. The maximum Gasteiger partial charge on any atom is 0.242 e. The van der Waals surface area contributed by atoms with Crippen LogP contribution in [0, 0.1) is 0 Å². The number of rotatable bonds is 9. The zero-order chi connectivity index (χ0) is 15.0. The Morgan fingerprint density at radius 2 is 2.00 bits per heavy atom. The highest BCUT2D eigenvalue weighted by Gasteiger charge is 2.20. The molecule has 0 aromatic heterocycles. The minimum Gasteiger partial charge on any atom is -0.384 e. The lowest BCUT2D eigenvalue weighted by molar-refractivity contribution is 0.557. The van der Waals surface area contributed by atoms with E-state index in [0.717, 1.165) is 25.1 Å². The number of benzene rings is 1. The van der Waals surface area contributed by atoms with E-state index in [9.17, 15) is 8.42 Å². The van der Waals surface area contributed by atoms with E-state index in [0.29, 0.717) is 10.6 Å². The molecule has 0 spiro atoms. The first-order chi connectivity index (χ1) is 9.51. The van der Waals surface area contributed by atoms with E-state index < -0.39 is 10.0 Å². The quantitative estimate of drug-likeness (QED) is 0.735. The monoisotopic (exact) mass is 316 g/mol. The Bertz CT molecular complexity index is 504. The van der Waals surface area contributed by atoms with Gasteiger partial charge < -0.3 is 5.32 Å². The van der Waals surface area contributed by atoms with Gasteiger partial charge in [-0.05, 0) is 43.9 Å². The fourth-order valence-corrected chi connectivity index (χ4v) is 3.84. The second kappa shape index (κ2) is 8.54. The number of thioether (sulfide) groups is 1. The zero-order valence-corrected chi connectivity index (χ0v) is 14.0. The minimum absolute atomic E-state index is 0.0633. The number of para-hydroxylation sites is 1. The summed E-state index contributed by atoms with van der Waals surface area (Å²) >= 11 is 1.72. The lowest BCUT2D eigenvalue weighted by Crippen LogP contribution is -2.33. The van der Waals surface area contributed by atoms with Crippen molar-refractivity contribution >= 4 is 27.5 Å². The summed E-state index contributed by atoms with van der Waals surface area (Å²) in [5, 5.41) is 3.16. The Kier molecular flexibility index (Phi) is 7.40. The smallest absolute Gasteiger partial charge is 0.242 e. The van der Waals surface area contributed by atoms with E-state index in [4.69, 9.17) is 0 Å². The first-order valence-electron chi connectivity index (χ1n) is 6.85. The van der Waals surface area contributed by atoms with Crippen LogP contribution in [-0.2, 0) is 10.0 Å². The van der Waals surface area contributed by atoms with E-state index >= 15 is 0 Å². The standard InChI is InChI=1S/C14H24N2O2S2/c1-4-10-15-13-7-5-6-8-14(13)20(17,18)16-12(2)9-11-19-3/h5-8,12,15-16H,4,9-11H2,1-3H3. The van der Waals surface area contributed by atoms with Gasteiger partial charge in [-0.25, -0.2) is 13.1 Å². The second-order valence-electron chi connectivity index (χ2n) is 4.73. The highest BCUT2D eigenvalue weighted by Crippen LogP contribution is 2.21. The molecule has 0 radical (unpaired) electrons. The Labute approximate surface area is 126 Å². The van der Waals surface area contributed by atoms with Crippen molar-refractivity contribution in [2.24, 2.45) is 0 Å². The number of sulfonamides is 1. The van der Waals surface area contributed by atoms with Crippen molar-refractivity contribution in [3.05, 3.63) is 24.3 Å². The third kappa shape index (κ3) is 5.34. The molecule has 0 saturated heterocycles. The topological polar surface area (TPSA) is 58.2 Å². The SMILES string of the molecule is CCCNc1ccccc1S(=O)(=O)NC(C)CCSC. The number of hydrogen-bond donors (Lipinski definition) is 2. The minimum atomic E-state index is -3.47. The van der Waals surface area contributed by atoms with Crippen LogP contribution in [0.5, 0.6) is 0 Å². The molecule has 0 aliphatic rings. The fourth-order valence-electron chi connectivity index (χ4n) is 1.79. The molecule has 4 nitrogen and oxygen atoms in total. The maximum absolute atomic E-state index is 12.4. The molecule has 1 atom stereocenters. The highest BCUT2D eigenvalue weighted by molar-refractivity contribution is 7.98. The van der Waals surface area contributed by atoms with Crippen LogP contribution in [0.4, 0.5) is 5.69 Å². The Morgan fingerprint density at radius 3 is 2.65 bits per heavy atom.